The molecule has 18 heavy (non-hydrogen) atoms. The third kappa shape index (κ3) is 6.80. The highest BCUT2D eigenvalue weighted by Gasteiger charge is 2.19. The molecule has 2 saturated carbocycles. The van der Waals surface area contributed by atoms with Gasteiger partial charge in [0.2, 0.25) is 0 Å². The molecule has 2 N–H and O–H groups in total. The van der Waals surface area contributed by atoms with Gasteiger partial charge < -0.3 is 10.4 Å². The third-order valence-electron chi connectivity index (χ3n) is 3.86. The quantitative estimate of drug-likeness (QED) is 0.757. The van der Waals surface area contributed by atoms with Crippen molar-refractivity contribution in [3.05, 3.63) is 12.7 Å². The Morgan fingerprint density at radius 3 is 1.56 bits per heavy atom. The van der Waals surface area contributed by atoms with Crippen LogP contribution < -0.4 is 5.32 Å². The minimum atomic E-state index is -0.981. The van der Waals surface area contributed by atoms with Crippen LogP contribution in [0.4, 0.5) is 0 Å². The fraction of sp³-hybridized carbons (Fsp3) is 0.800. The second-order valence-electron chi connectivity index (χ2n) is 5.38. The van der Waals surface area contributed by atoms with E-state index in [-0.39, 0.29) is 0 Å². The van der Waals surface area contributed by atoms with Crippen molar-refractivity contribution in [2.45, 2.75) is 76.3 Å². The summed E-state index contributed by atoms with van der Waals surface area (Å²) in [7, 11) is 0. The summed E-state index contributed by atoms with van der Waals surface area (Å²) in [4.78, 5) is 9.25. The Morgan fingerprint density at radius 2 is 1.28 bits per heavy atom. The molecule has 2 aliphatic carbocycles. The number of carbonyl (C=O) groups is 1. The molecule has 0 radical (unpaired) electrons. The van der Waals surface area contributed by atoms with E-state index in [2.05, 4.69) is 11.9 Å². The summed E-state index contributed by atoms with van der Waals surface area (Å²) in [6.45, 7) is 2.96. The highest BCUT2D eigenvalue weighted by molar-refractivity contribution is 5.78. The normalized spacial score (nSPS) is 21.8. The predicted octanol–water partition coefficient (Wildman–Crippen LogP) is 3.50. The smallest absolute Gasteiger partial charge is 0.327 e. The van der Waals surface area contributed by atoms with Gasteiger partial charge in [0, 0.05) is 18.2 Å². The lowest BCUT2D eigenvalue weighted by Crippen LogP contribution is -2.40. The van der Waals surface area contributed by atoms with Crippen molar-refractivity contribution >= 4 is 5.97 Å². The maximum Gasteiger partial charge on any atom is 0.327 e. The zero-order chi connectivity index (χ0) is 13.2. The van der Waals surface area contributed by atoms with Gasteiger partial charge in [-0.15, -0.1) is 0 Å². The Hall–Kier alpha value is -0.830. The summed E-state index contributed by atoms with van der Waals surface area (Å²) in [6.07, 6.45) is 15.4. The Bertz CT molecular complexity index is 225. The van der Waals surface area contributed by atoms with Crippen molar-refractivity contribution in [1.82, 2.24) is 5.32 Å². The van der Waals surface area contributed by atoms with Crippen molar-refractivity contribution in [3.8, 4) is 0 Å². The standard InChI is InChI=1S/C12H23N.C3H4O2/c1-3-7-11(8-4-1)13-12-9-5-2-6-10-12;1-2-3(4)5/h11-13H,1-10H2;2H,1H2,(H,4,5). The lowest BCUT2D eigenvalue weighted by atomic mass is 9.91. The largest absolute Gasteiger partial charge is 0.478 e. The van der Waals surface area contributed by atoms with Crippen LogP contribution in [0.2, 0.25) is 0 Å². The molecule has 0 aromatic heterocycles. The van der Waals surface area contributed by atoms with Gasteiger partial charge >= 0.3 is 5.97 Å². The number of hydrogen-bond donors (Lipinski definition) is 2. The van der Waals surface area contributed by atoms with Crippen molar-refractivity contribution in [2.75, 3.05) is 0 Å². The molecule has 2 fully saturated rings. The Labute approximate surface area is 111 Å². The first-order valence-electron chi connectivity index (χ1n) is 7.33. The van der Waals surface area contributed by atoms with E-state index in [9.17, 15) is 4.79 Å². The fourth-order valence-corrected chi connectivity index (χ4v) is 2.87. The molecular formula is C15H27NO2. The predicted molar refractivity (Wildman–Crippen MR) is 74.7 cm³/mol. The number of aliphatic carboxylic acids is 1. The number of carboxylic acids is 1. The van der Waals surface area contributed by atoms with Crippen LogP contribution in [0.1, 0.15) is 64.2 Å². The molecule has 0 unspecified atom stereocenters. The molecule has 2 rings (SSSR count). The summed E-state index contributed by atoms with van der Waals surface area (Å²) in [5, 5.41) is 11.5. The van der Waals surface area contributed by atoms with Gasteiger partial charge in [-0.2, -0.15) is 0 Å². The average Bonchev–Trinajstić information content (AvgIpc) is 2.42. The monoisotopic (exact) mass is 253 g/mol. The molecule has 0 spiro atoms. The van der Waals surface area contributed by atoms with Gasteiger partial charge in [0.15, 0.2) is 0 Å². The molecule has 3 heteroatoms. The summed E-state index contributed by atoms with van der Waals surface area (Å²) in [5.74, 6) is -0.981. The highest BCUT2D eigenvalue weighted by atomic mass is 16.4. The van der Waals surface area contributed by atoms with E-state index in [1.54, 1.807) is 0 Å². The van der Waals surface area contributed by atoms with Crippen molar-refractivity contribution in [2.24, 2.45) is 0 Å². The molecule has 2 aliphatic rings. The molecule has 0 atom stereocenters. The van der Waals surface area contributed by atoms with Gasteiger partial charge in [-0.25, -0.2) is 4.79 Å². The Balaban J connectivity index is 0.000000280. The van der Waals surface area contributed by atoms with Gasteiger partial charge in [0.25, 0.3) is 0 Å². The summed E-state index contributed by atoms with van der Waals surface area (Å²) in [6, 6.07) is 1.74. The molecule has 3 nitrogen and oxygen atoms in total. The molecule has 0 heterocycles. The van der Waals surface area contributed by atoms with Crippen LogP contribution in [0.3, 0.4) is 0 Å². The van der Waals surface area contributed by atoms with Crippen LogP contribution in [-0.4, -0.2) is 23.2 Å². The van der Waals surface area contributed by atoms with E-state index in [0.717, 1.165) is 18.2 Å². The van der Waals surface area contributed by atoms with E-state index in [1.165, 1.54) is 64.2 Å². The highest BCUT2D eigenvalue weighted by Crippen LogP contribution is 2.22. The lowest BCUT2D eigenvalue weighted by Gasteiger charge is -2.30. The minimum Gasteiger partial charge on any atom is -0.478 e. The summed E-state index contributed by atoms with van der Waals surface area (Å²) in [5.41, 5.74) is 0. The first-order chi connectivity index (χ1) is 8.72. The minimum absolute atomic E-state index is 0.833. The van der Waals surface area contributed by atoms with Gasteiger partial charge in [0.05, 0.1) is 0 Å². The Kier molecular flexibility index (Phi) is 7.74. The van der Waals surface area contributed by atoms with E-state index < -0.39 is 5.97 Å². The van der Waals surface area contributed by atoms with Crippen LogP contribution in [0.25, 0.3) is 0 Å². The van der Waals surface area contributed by atoms with Crippen LogP contribution in [-0.2, 0) is 4.79 Å². The van der Waals surface area contributed by atoms with E-state index in [1.807, 2.05) is 0 Å². The zero-order valence-electron chi connectivity index (χ0n) is 11.4. The van der Waals surface area contributed by atoms with Crippen LogP contribution in [0.5, 0.6) is 0 Å². The molecule has 0 amide bonds. The van der Waals surface area contributed by atoms with Crippen molar-refractivity contribution < 1.29 is 9.90 Å². The van der Waals surface area contributed by atoms with E-state index >= 15 is 0 Å². The average molecular weight is 253 g/mol. The van der Waals surface area contributed by atoms with Crippen LogP contribution in [0, 0.1) is 0 Å². The Morgan fingerprint density at radius 1 is 0.944 bits per heavy atom. The molecule has 0 aliphatic heterocycles. The topological polar surface area (TPSA) is 49.3 Å². The number of hydrogen-bond acceptors (Lipinski definition) is 2. The van der Waals surface area contributed by atoms with Gasteiger partial charge in [-0.05, 0) is 25.7 Å². The molecule has 0 aromatic rings. The van der Waals surface area contributed by atoms with Crippen LogP contribution in [0.15, 0.2) is 12.7 Å². The van der Waals surface area contributed by atoms with E-state index in [4.69, 9.17) is 5.11 Å². The van der Waals surface area contributed by atoms with Gasteiger partial charge in [0.1, 0.15) is 0 Å². The third-order valence-corrected chi connectivity index (χ3v) is 3.86. The van der Waals surface area contributed by atoms with E-state index in [0.29, 0.717) is 0 Å². The first-order valence-corrected chi connectivity index (χ1v) is 7.33. The zero-order valence-corrected chi connectivity index (χ0v) is 11.4. The van der Waals surface area contributed by atoms with Gasteiger partial charge in [-0.3, -0.25) is 0 Å². The molecule has 0 aromatic carbocycles. The van der Waals surface area contributed by atoms with Crippen molar-refractivity contribution in [3.63, 3.8) is 0 Å². The second-order valence-corrected chi connectivity index (χ2v) is 5.38. The summed E-state index contributed by atoms with van der Waals surface area (Å²) < 4.78 is 0. The molecule has 104 valence electrons. The van der Waals surface area contributed by atoms with Crippen molar-refractivity contribution in [1.29, 1.82) is 0 Å². The maximum absolute atomic E-state index is 9.25. The fourth-order valence-electron chi connectivity index (χ4n) is 2.87. The van der Waals surface area contributed by atoms with Crippen LogP contribution >= 0.6 is 0 Å². The molecule has 0 saturated heterocycles. The maximum atomic E-state index is 9.25. The number of rotatable bonds is 3. The lowest BCUT2D eigenvalue weighted by molar-refractivity contribution is -0.131. The molecular weight excluding hydrogens is 226 g/mol. The second kappa shape index (κ2) is 9.15. The SMILES string of the molecule is C1CCC(NC2CCCCC2)CC1.C=CC(=O)O. The van der Waals surface area contributed by atoms with Gasteiger partial charge in [-0.1, -0.05) is 45.1 Å². The number of carboxylic acid groups (broad SMARTS) is 1. The summed E-state index contributed by atoms with van der Waals surface area (Å²) >= 11 is 0. The number of nitrogens with one attached hydrogen (secondary N) is 1. The first kappa shape index (κ1) is 15.2. The molecule has 0 bridgehead atoms.